The van der Waals surface area contributed by atoms with Gasteiger partial charge < -0.3 is 14.2 Å². The molecule has 0 radical (unpaired) electrons. The molecule has 0 amide bonds. The number of hydrogen-bond donors (Lipinski definition) is 0. The molecule has 6 nitrogen and oxygen atoms in total. The summed E-state index contributed by atoms with van der Waals surface area (Å²) >= 11 is 0. The van der Waals surface area contributed by atoms with E-state index in [2.05, 4.69) is 93.7 Å². The fourth-order valence-corrected chi connectivity index (χ4v) is 7.89. The predicted octanol–water partition coefficient (Wildman–Crippen LogP) is 19.0. The first kappa shape index (κ1) is 63.8. The van der Waals surface area contributed by atoms with Crippen molar-refractivity contribution in [2.75, 3.05) is 13.2 Å². The van der Waals surface area contributed by atoms with Crippen LogP contribution in [0.1, 0.15) is 278 Å². The Bertz CT molecular complexity index is 1260. The van der Waals surface area contributed by atoms with Crippen molar-refractivity contribution in [1.29, 1.82) is 0 Å². The van der Waals surface area contributed by atoms with Gasteiger partial charge in [0.2, 0.25) is 0 Å². The molecule has 0 spiro atoms. The fourth-order valence-electron chi connectivity index (χ4n) is 7.89. The minimum atomic E-state index is -0.792. The number of hydrogen-bond acceptors (Lipinski definition) is 6. The second-order valence-electron chi connectivity index (χ2n) is 18.8. The van der Waals surface area contributed by atoms with Crippen molar-refractivity contribution >= 4 is 17.9 Å². The minimum Gasteiger partial charge on any atom is -0.462 e. The van der Waals surface area contributed by atoms with E-state index >= 15 is 0 Å². The van der Waals surface area contributed by atoms with E-state index in [0.29, 0.717) is 19.3 Å². The Labute approximate surface area is 414 Å². The van der Waals surface area contributed by atoms with Gasteiger partial charge in [0.25, 0.3) is 0 Å². The maximum absolute atomic E-state index is 12.8. The first-order valence-electron chi connectivity index (χ1n) is 28.4. The number of carbonyl (C=O) groups is 3. The zero-order valence-corrected chi connectivity index (χ0v) is 44.2. The largest absolute Gasteiger partial charge is 0.462 e. The van der Waals surface area contributed by atoms with Crippen LogP contribution in [0.4, 0.5) is 0 Å². The molecule has 6 heteroatoms. The van der Waals surface area contributed by atoms with Crippen LogP contribution in [0.5, 0.6) is 0 Å². The molecule has 0 N–H and O–H groups in total. The lowest BCUT2D eigenvalue weighted by molar-refractivity contribution is -0.167. The number of unbranched alkanes of at least 4 members (excludes halogenated alkanes) is 28. The number of esters is 3. The first-order valence-corrected chi connectivity index (χ1v) is 28.4. The Hall–Kier alpha value is -3.15. The van der Waals surface area contributed by atoms with E-state index < -0.39 is 6.10 Å². The van der Waals surface area contributed by atoms with Crippen LogP contribution in [0, 0.1) is 0 Å². The summed E-state index contributed by atoms with van der Waals surface area (Å²) in [5, 5.41) is 0. The predicted molar refractivity (Wildman–Crippen MR) is 288 cm³/mol. The normalized spacial score (nSPS) is 12.6. The molecule has 0 aromatic heterocycles. The van der Waals surface area contributed by atoms with Gasteiger partial charge in [-0.05, 0) is 109 Å². The monoisotopic (exact) mass is 935 g/mol. The number of ether oxygens (including phenoxy) is 3. The summed E-state index contributed by atoms with van der Waals surface area (Å²) in [4.78, 5) is 38.1. The van der Waals surface area contributed by atoms with Crippen LogP contribution in [0.25, 0.3) is 0 Å². The van der Waals surface area contributed by atoms with Gasteiger partial charge in [-0.1, -0.05) is 222 Å². The summed E-state index contributed by atoms with van der Waals surface area (Å²) in [5.74, 6) is -0.918. The lowest BCUT2D eigenvalue weighted by Crippen LogP contribution is -2.30. The van der Waals surface area contributed by atoms with Crippen LogP contribution in [0.15, 0.2) is 72.9 Å². The van der Waals surface area contributed by atoms with E-state index in [1.807, 2.05) is 0 Å². The van der Waals surface area contributed by atoms with Crippen LogP contribution < -0.4 is 0 Å². The van der Waals surface area contributed by atoms with Gasteiger partial charge >= 0.3 is 17.9 Å². The van der Waals surface area contributed by atoms with Crippen molar-refractivity contribution in [3.05, 3.63) is 72.9 Å². The molecule has 386 valence electrons. The van der Waals surface area contributed by atoms with Crippen molar-refractivity contribution in [2.24, 2.45) is 0 Å². The van der Waals surface area contributed by atoms with Crippen LogP contribution in [-0.4, -0.2) is 37.2 Å². The Morgan fingerprint density at radius 2 is 0.582 bits per heavy atom. The summed E-state index contributed by atoms with van der Waals surface area (Å²) in [7, 11) is 0. The van der Waals surface area contributed by atoms with E-state index in [1.54, 1.807) is 0 Å². The summed E-state index contributed by atoms with van der Waals surface area (Å²) in [5.41, 5.74) is 0. The van der Waals surface area contributed by atoms with Crippen molar-refractivity contribution in [3.8, 4) is 0 Å². The van der Waals surface area contributed by atoms with Gasteiger partial charge in [-0.3, -0.25) is 14.4 Å². The van der Waals surface area contributed by atoms with Gasteiger partial charge in [-0.15, -0.1) is 0 Å². The Balaban J connectivity index is 4.43. The average Bonchev–Trinajstić information content (AvgIpc) is 3.33. The molecule has 0 aliphatic heterocycles. The van der Waals surface area contributed by atoms with Gasteiger partial charge in [-0.25, -0.2) is 0 Å². The molecule has 0 unspecified atom stereocenters. The SMILES string of the molecule is CC/C=C\C/C=C\C/C=C\C/C=C\CCCCCCC(=O)OC[C@H](COC(=O)CCCCCCCCC/C=C\CCCCCCCC)OC(=O)CCCCCCC/C=C\CCCCCCCC. The van der Waals surface area contributed by atoms with Gasteiger partial charge in [0, 0.05) is 19.3 Å². The minimum absolute atomic E-state index is 0.0884. The van der Waals surface area contributed by atoms with Gasteiger partial charge in [0.15, 0.2) is 6.10 Å². The van der Waals surface area contributed by atoms with Gasteiger partial charge in [0.05, 0.1) is 0 Å². The Morgan fingerprint density at radius 3 is 0.925 bits per heavy atom. The summed E-state index contributed by atoms with van der Waals surface area (Å²) in [6, 6.07) is 0. The zero-order valence-electron chi connectivity index (χ0n) is 44.2. The highest BCUT2D eigenvalue weighted by atomic mass is 16.6. The molecule has 0 saturated heterocycles. The lowest BCUT2D eigenvalue weighted by atomic mass is 10.1. The molecule has 67 heavy (non-hydrogen) atoms. The molecular formula is C61H106O6. The Kier molecular flexibility index (Phi) is 52.8. The second kappa shape index (κ2) is 55.4. The molecule has 0 saturated carbocycles. The van der Waals surface area contributed by atoms with E-state index in [4.69, 9.17) is 14.2 Å². The van der Waals surface area contributed by atoms with Gasteiger partial charge in [0.1, 0.15) is 13.2 Å². The molecule has 0 aromatic carbocycles. The third-order valence-corrected chi connectivity index (χ3v) is 12.2. The molecule has 0 rings (SSSR count). The standard InChI is InChI=1S/C61H106O6/c1-4-7-10-13-16-19-22-25-28-30-33-35-38-41-44-47-50-53-59(62)65-56-58(67-61(64)55-52-49-46-43-40-37-32-27-24-21-18-15-12-9-6-3)57-66-60(63)54-51-48-45-42-39-36-34-31-29-26-23-20-17-14-11-8-5-2/h7,10,16,19,25-29,32-33,35,58H,4-6,8-9,11-15,17-18,20-24,30-31,34,36-57H2,1-3H3/b10-7-,19-16-,28-25-,29-26-,32-27-,35-33-/t58-/m1/s1. The highest BCUT2D eigenvalue weighted by Gasteiger charge is 2.19. The lowest BCUT2D eigenvalue weighted by Gasteiger charge is -2.18. The smallest absolute Gasteiger partial charge is 0.306 e. The van der Waals surface area contributed by atoms with E-state index in [-0.39, 0.29) is 31.1 Å². The number of rotatable bonds is 51. The number of allylic oxidation sites excluding steroid dienone is 12. The summed E-state index contributed by atoms with van der Waals surface area (Å²) in [6.45, 7) is 6.50. The molecule has 0 fully saturated rings. The van der Waals surface area contributed by atoms with E-state index in [1.165, 1.54) is 128 Å². The molecule has 0 heterocycles. The van der Waals surface area contributed by atoms with Crippen molar-refractivity contribution in [2.45, 2.75) is 284 Å². The number of carbonyl (C=O) groups excluding carboxylic acids is 3. The van der Waals surface area contributed by atoms with Crippen molar-refractivity contribution in [3.63, 3.8) is 0 Å². The molecule has 0 aromatic rings. The van der Waals surface area contributed by atoms with Crippen molar-refractivity contribution < 1.29 is 28.6 Å². The summed E-state index contributed by atoms with van der Waals surface area (Å²) in [6.07, 6.45) is 70.3. The van der Waals surface area contributed by atoms with Crippen molar-refractivity contribution in [1.82, 2.24) is 0 Å². The zero-order chi connectivity index (χ0) is 48.6. The summed E-state index contributed by atoms with van der Waals surface area (Å²) < 4.78 is 16.8. The highest BCUT2D eigenvalue weighted by Crippen LogP contribution is 2.15. The maximum atomic E-state index is 12.8. The Morgan fingerprint density at radius 1 is 0.313 bits per heavy atom. The quantitative estimate of drug-likeness (QED) is 0.0262. The molecular weight excluding hydrogens is 829 g/mol. The third-order valence-electron chi connectivity index (χ3n) is 12.2. The van der Waals surface area contributed by atoms with E-state index in [9.17, 15) is 14.4 Å². The third kappa shape index (κ3) is 53.7. The van der Waals surface area contributed by atoms with Crippen LogP contribution >= 0.6 is 0 Å². The van der Waals surface area contributed by atoms with Gasteiger partial charge in [-0.2, -0.15) is 0 Å². The maximum Gasteiger partial charge on any atom is 0.306 e. The van der Waals surface area contributed by atoms with Crippen LogP contribution in [0.3, 0.4) is 0 Å². The highest BCUT2D eigenvalue weighted by molar-refractivity contribution is 5.71. The molecule has 0 aliphatic rings. The topological polar surface area (TPSA) is 78.9 Å². The van der Waals surface area contributed by atoms with Crippen LogP contribution in [-0.2, 0) is 28.6 Å². The molecule has 1 atom stereocenters. The first-order chi connectivity index (χ1) is 33.0. The average molecular weight is 936 g/mol. The molecule has 0 bridgehead atoms. The molecule has 0 aliphatic carbocycles. The second-order valence-corrected chi connectivity index (χ2v) is 18.8. The van der Waals surface area contributed by atoms with Crippen LogP contribution in [0.2, 0.25) is 0 Å². The van der Waals surface area contributed by atoms with E-state index in [0.717, 1.165) is 109 Å². The fraction of sp³-hybridized carbons (Fsp3) is 0.754.